The number of nitrogens with one attached hydrogen (secondary N) is 1. The largest absolute Gasteiger partial charge is 0.480 e. The number of urea groups is 1. The number of amides is 3. The molecule has 1 saturated heterocycles. The van der Waals surface area contributed by atoms with Gasteiger partial charge in [0.15, 0.2) is 6.04 Å². The highest BCUT2D eigenvalue weighted by Crippen LogP contribution is 2.33. The zero-order valence-electron chi connectivity index (χ0n) is 13.9. The number of benzene rings is 1. The molecule has 1 aliphatic rings. The van der Waals surface area contributed by atoms with Gasteiger partial charge < -0.3 is 10.4 Å². The molecule has 2 aromatic rings. The Balaban J connectivity index is 1.70. The van der Waals surface area contributed by atoms with Gasteiger partial charge >= 0.3 is 12.0 Å². The van der Waals surface area contributed by atoms with E-state index in [4.69, 9.17) is 11.6 Å². The number of β-lactam (4-membered cyclic amide) rings is 1. The van der Waals surface area contributed by atoms with E-state index in [2.05, 4.69) is 5.32 Å². The van der Waals surface area contributed by atoms with Gasteiger partial charge in [0.25, 0.3) is 0 Å². The molecule has 2 N–H and O–H groups in total. The molecular weight excluding hydrogens is 376 g/mol. The quantitative estimate of drug-likeness (QED) is 0.764. The van der Waals surface area contributed by atoms with Crippen LogP contribution in [-0.4, -0.2) is 34.0 Å². The third-order valence-corrected chi connectivity index (χ3v) is 5.63. The van der Waals surface area contributed by atoms with Crippen LogP contribution in [0.2, 0.25) is 4.34 Å². The first-order chi connectivity index (χ1) is 12.4. The fourth-order valence-corrected chi connectivity index (χ4v) is 4.16. The van der Waals surface area contributed by atoms with Crippen LogP contribution in [0, 0.1) is 5.92 Å². The lowest BCUT2D eigenvalue weighted by Gasteiger charge is -2.43. The number of rotatable bonds is 5. The first-order valence-electron chi connectivity index (χ1n) is 8.04. The standard InChI is InChI=1S/C18H17ClN2O4S/c1-10(11-5-3-2-4-6-11)20-18(25)21-15(17(23)24)13(16(21)22)9-12-7-8-14(19)26-12/h2-8,10,13,15H,9H2,1H3,(H,20,25)(H,23,24). The van der Waals surface area contributed by atoms with E-state index in [1.54, 1.807) is 19.1 Å². The molecule has 0 spiro atoms. The lowest BCUT2D eigenvalue weighted by Crippen LogP contribution is -2.68. The van der Waals surface area contributed by atoms with Crippen molar-refractivity contribution in [2.24, 2.45) is 5.92 Å². The summed E-state index contributed by atoms with van der Waals surface area (Å²) in [4.78, 5) is 38.1. The molecular formula is C18H17ClN2O4S. The van der Waals surface area contributed by atoms with Crippen LogP contribution in [0.15, 0.2) is 42.5 Å². The number of imide groups is 1. The Morgan fingerprint density at radius 2 is 1.96 bits per heavy atom. The number of aliphatic carboxylic acids is 1. The number of hydrogen-bond acceptors (Lipinski definition) is 4. The molecule has 2 heterocycles. The highest BCUT2D eigenvalue weighted by molar-refractivity contribution is 7.16. The minimum absolute atomic E-state index is 0.255. The van der Waals surface area contributed by atoms with Gasteiger partial charge in [-0.3, -0.25) is 4.79 Å². The van der Waals surface area contributed by atoms with Gasteiger partial charge in [-0.2, -0.15) is 0 Å². The van der Waals surface area contributed by atoms with Gasteiger partial charge in [0, 0.05) is 4.88 Å². The van der Waals surface area contributed by atoms with Crippen LogP contribution in [0.3, 0.4) is 0 Å². The van der Waals surface area contributed by atoms with Gasteiger partial charge in [-0.1, -0.05) is 41.9 Å². The average molecular weight is 393 g/mol. The number of likely N-dealkylation sites (tertiary alicyclic amines) is 1. The molecule has 1 fully saturated rings. The fraction of sp³-hybridized carbons (Fsp3) is 0.278. The van der Waals surface area contributed by atoms with E-state index in [9.17, 15) is 19.5 Å². The van der Waals surface area contributed by atoms with Gasteiger partial charge in [0.2, 0.25) is 5.91 Å². The summed E-state index contributed by atoms with van der Waals surface area (Å²) in [6, 6.07) is 10.5. The number of halogens is 1. The van der Waals surface area contributed by atoms with Crippen LogP contribution >= 0.6 is 22.9 Å². The first kappa shape index (κ1) is 18.4. The van der Waals surface area contributed by atoms with Gasteiger partial charge in [0.05, 0.1) is 16.3 Å². The maximum absolute atomic E-state index is 12.4. The highest BCUT2D eigenvalue weighted by Gasteiger charge is 2.54. The molecule has 3 unspecified atom stereocenters. The second-order valence-electron chi connectivity index (χ2n) is 6.09. The molecule has 26 heavy (non-hydrogen) atoms. The highest BCUT2D eigenvalue weighted by atomic mass is 35.5. The van der Waals surface area contributed by atoms with E-state index in [1.807, 2.05) is 30.3 Å². The Bertz CT molecular complexity index is 839. The molecule has 0 aliphatic carbocycles. The number of carboxylic acid groups (broad SMARTS) is 1. The Labute approximate surface area is 159 Å². The smallest absolute Gasteiger partial charge is 0.327 e. The molecule has 8 heteroatoms. The van der Waals surface area contributed by atoms with Crippen molar-refractivity contribution >= 4 is 40.8 Å². The van der Waals surface area contributed by atoms with Crippen molar-refractivity contribution in [2.45, 2.75) is 25.4 Å². The van der Waals surface area contributed by atoms with E-state index < -0.39 is 29.9 Å². The van der Waals surface area contributed by atoms with E-state index in [0.29, 0.717) is 4.34 Å². The molecule has 3 amide bonds. The minimum atomic E-state index is -1.19. The molecule has 0 saturated carbocycles. The van der Waals surface area contributed by atoms with Crippen molar-refractivity contribution < 1.29 is 19.5 Å². The van der Waals surface area contributed by atoms with Crippen LogP contribution in [-0.2, 0) is 16.0 Å². The van der Waals surface area contributed by atoms with Crippen molar-refractivity contribution in [1.82, 2.24) is 10.2 Å². The summed E-state index contributed by atoms with van der Waals surface area (Å²) < 4.78 is 0.574. The summed E-state index contributed by atoms with van der Waals surface area (Å²) in [5.41, 5.74) is 0.866. The van der Waals surface area contributed by atoms with E-state index in [1.165, 1.54) is 11.3 Å². The molecule has 1 aromatic heterocycles. The topological polar surface area (TPSA) is 86.7 Å². The summed E-state index contributed by atoms with van der Waals surface area (Å²) >= 11 is 7.18. The molecule has 1 aliphatic heterocycles. The zero-order chi connectivity index (χ0) is 18.8. The number of carbonyl (C=O) groups excluding carboxylic acids is 2. The van der Waals surface area contributed by atoms with Crippen molar-refractivity contribution in [3.05, 3.63) is 57.2 Å². The van der Waals surface area contributed by atoms with Gasteiger partial charge in [0.1, 0.15) is 0 Å². The molecule has 1 aromatic carbocycles. The predicted molar refractivity (Wildman–Crippen MR) is 98.2 cm³/mol. The van der Waals surface area contributed by atoms with Crippen molar-refractivity contribution in [1.29, 1.82) is 0 Å². The lowest BCUT2D eigenvalue weighted by molar-refractivity contribution is -0.165. The minimum Gasteiger partial charge on any atom is -0.480 e. The third kappa shape index (κ3) is 3.59. The zero-order valence-corrected chi connectivity index (χ0v) is 15.5. The number of thiophene rings is 1. The van der Waals surface area contributed by atoms with Crippen molar-refractivity contribution in [3.8, 4) is 0 Å². The van der Waals surface area contributed by atoms with Crippen LogP contribution < -0.4 is 5.32 Å². The summed E-state index contributed by atoms with van der Waals surface area (Å²) in [5, 5.41) is 12.2. The van der Waals surface area contributed by atoms with Crippen molar-refractivity contribution in [2.75, 3.05) is 0 Å². The number of carbonyl (C=O) groups is 3. The molecule has 3 atom stereocenters. The van der Waals surface area contributed by atoms with Gasteiger partial charge in [-0.05, 0) is 31.0 Å². The Hall–Kier alpha value is -2.38. The van der Waals surface area contributed by atoms with Crippen molar-refractivity contribution in [3.63, 3.8) is 0 Å². The lowest BCUT2D eigenvalue weighted by atomic mass is 9.84. The first-order valence-corrected chi connectivity index (χ1v) is 9.23. The van der Waals surface area contributed by atoms with Gasteiger partial charge in [-0.25, -0.2) is 14.5 Å². The van der Waals surface area contributed by atoms with E-state index in [-0.39, 0.29) is 12.5 Å². The van der Waals surface area contributed by atoms with Crippen LogP contribution in [0.1, 0.15) is 23.4 Å². The molecule has 6 nitrogen and oxygen atoms in total. The molecule has 0 radical (unpaired) electrons. The molecule has 136 valence electrons. The molecule has 3 rings (SSSR count). The summed E-state index contributed by atoms with van der Waals surface area (Å²) in [5.74, 6) is -2.44. The summed E-state index contributed by atoms with van der Waals surface area (Å²) in [7, 11) is 0. The number of nitrogens with zero attached hydrogens (tertiary/aromatic N) is 1. The van der Waals surface area contributed by atoms with E-state index >= 15 is 0 Å². The maximum atomic E-state index is 12.4. The normalized spacial score (nSPS) is 20.4. The van der Waals surface area contributed by atoms with Crippen LogP contribution in [0.5, 0.6) is 0 Å². The fourth-order valence-electron chi connectivity index (χ4n) is 3.01. The summed E-state index contributed by atoms with van der Waals surface area (Å²) in [6.07, 6.45) is 0.255. The predicted octanol–water partition coefficient (Wildman–Crippen LogP) is 3.33. The number of hydrogen-bond donors (Lipinski definition) is 2. The Morgan fingerprint density at radius 1 is 1.27 bits per heavy atom. The van der Waals surface area contributed by atoms with Crippen LogP contribution in [0.4, 0.5) is 4.79 Å². The second-order valence-corrected chi connectivity index (χ2v) is 7.89. The summed E-state index contributed by atoms with van der Waals surface area (Å²) in [6.45, 7) is 1.78. The average Bonchev–Trinajstić information content (AvgIpc) is 3.02. The van der Waals surface area contributed by atoms with Gasteiger partial charge in [-0.15, -0.1) is 11.3 Å². The SMILES string of the molecule is CC(NC(=O)N1C(=O)C(Cc2ccc(Cl)s2)C1C(=O)O)c1ccccc1. The van der Waals surface area contributed by atoms with Crippen LogP contribution in [0.25, 0.3) is 0 Å². The Kier molecular flexibility index (Phi) is 5.29. The number of carboxylic acids is 1. The Morgan fingerprint density at radius 3 is 2.54 bits per heavy atom. The monoisotopic (exact) mass is 392 g/mol. The second kappa shape index (κ2) is 7.47. The third-order valence-electron chi connectivity index (χ3n) is 4.38. The molecule has 0 bridgehead atoms. The maximum Gasteiger partial charge on any atom is 0.327 e. The van der Waals surface area contributed by atoms with E-state index in [0.717, 1.165) is 15.3 Å².